The summed E-state index contributed by atoms with van der Waals surface area (Å²) in [5.74, 6) is 1.92. The number of fused-ring (bicyclic) bond motifs is 4. The third kappa shape index (κ3) is 2.57. The Morgan fingerprint density at radius 1 is 1.33 bits per heavy atom. The Morgan fingerprint density at radius 2 is 2.12 bits per heavy atom. The monoisotopic (exact) mass is 331 g/mol. The molecule has 2 bridgehead atoms. The molecule has 1 saturated heterocycles. The van der Waals surface area contributed by atoms with Gasteiger partial charge in [0.2, 0.25) is 0 Å². The molecule has 0 aromatic heterocycles. The molecule has 0 spiro atoms. The van der Waals surface area contributed by atoms with E-state index in [1.165, 1.54) is 5.56 Å². The van der Waals surface area contributed by atoms with Crippen molar-refractivity contribution in [1.29, 1.82) is 0 Å². The van der Waals surface area contributed by atoms with Crippen LogP contribution in [0, 0.1) is 0 Å². The molecule has 2 atom stereocenters. The first-order valence-electron chi connectivity index (χ1n) is 8.36. The van der Waals surface area contributed by atoms with Crippen LogP contribution in [0.25, 0.3) is 0 Å². The highest BCUT2D eigenvalue weighted by Crippen LogP contribution is 2.50. The maximum Gasteiger partial charge on any atom is 0.196 e. The molecule has 1 N–H and O–H groups in total. The molecule has 1 aromatic carbocycles. The van der Waals surface area contributed by atoms with Crippen LogP contribution >= 0.6 is 0 Å². The molecule has 2 aliphatic rings. The Kier molecular flexibility index (Phi) is 4.54. The van der Waals surface area contributed by atoms with E-state index in [0.717, 1.165) is 36.4 Å². The fourth-order valence-corrected chi connectivity index (χ4v) is 4.05. The highest BCUT2D eigenvalue weighted by Gasteiger charge is 2.47. The Labute approximate surface area is 143 Å². The first-order valence-corrected chi connectivity index (χ1v) is 8.36. The Bertz CT molecular complexity index is 682. The van der Waals surface area contributed by atoms with Crippen molar-refractivity contribution in [3.63, 3.8) is 0 Å². The van der Waals surface area contributed by atoms with Crippen molar-refractivity contribution in [1.82, 2.24) is 5.32 Å². The van der Waals surface area contributed by atoms with E-state index < -0.39 is 0 Å². The van der Waals surface area contributed by atoms with Crippen LogP contribution in [0.15, 0.2) is 24.0 Å². The molecular formula is C19H25NO4. The van der Waals surface area contributed by atoms with Gasteiger partial charge in [-0.2, -0.15) is 0 Å². The lowest BCUT2D eigenvalue weighted by Crippen LogP contribution is -2.32. The predicted octanol–water partition coefficient (Wildman–Crippen LogP) is 2.37. The van der Waals surface area contributed by atoms with Gasteiger partial charge in [0.1, 0.15) is 0 Å². The van der Waals surface area contributed by atoms with Gasteiger partial charge in [-0.25, -0.2) is 0 Å². The number of nitrogens with one attached hydrogen (secondary N) is 1. The first-order chi connectivity index (χ1) is 11.6. The number of methoxy groups -OCH3 is 3. The molecule has 130 valence electrons. The summed E-state index contributed by atoms with van der Waals surface area (Å²) in [5.41, 5.74) is 2.04. The maximum absolute atomic E-state index is 12.2. The van der Waals surface area contributed by atoms with Crippen molar-refractivity contribution >= 4 is 5.78 Å². The zero-order valence-electron chi connectivity index (χ0n) is 14.8. The zero-order chi connectivity index (χ0) is 17.3. The summed E-state index contributed by atoms with van der Waals surface area (Å²) in [6, 6.07) is 4.46. The molecule has 5 heteroatoms. The summed E-state index contributed by atoms with van der Waals surface area (Å²) in [5, 5.41) is 3.57. The molecule has 1 fully saturated rings. The number of hydrogen-bond acceptors (Lipinski definition) is 5. The molecule has 2 unspecified atom stereocenters. The van der Waals surface area contributed by atoms with Crippen molar-refractivity contribution in [3.05, 3.63) is 35.1 Å². The zero-order valence-corrected chi connectivity index (χ0v) is 14.8. The third-order valence-electron chi connectivity index (χ3n) is 5.14. The molecule has 0 radical (unpaired) electrons. The number of carbonyl (C=O) groups excluding carboxylic acids is 1. The van der Waals surface area contributed by atoms with Crippen molar-refractivity contribution in [3.8, 4) is 11.5 Å². The third-order valence-corrected chi connectivity index (χ3v) is 5.14. The molecule has 1 aliphatic heterocycles. The Balaban J connectivity index is 2.20. The van der Waals surface area contributed by atoms with Crippen molar-refractivity contribution in [2.45, 2.75) is 37.6 Å². The molecule has 3 rings (SSSR count). The largest absolute Gasteiger partial charge is 0.493 e. The van der Waals surface area contributed by atoms with Crippen LogP contribution in [0.4, 0.5) is 0 Å². The van der Waals surface area contributed by atoms with Crippen LogP contribution in [0.5, 0.6) is 11.5 Å². The van der Waals surface area contributed by atoms with Gasteiger partial charge in [-0.1, -0.05) is 13.0 Å². The Morgan fingerprint density at radius 3 is 2.75 bits per heavy atom. The molecular weight excluding hydrogens is 306 g/mol. The second kappa shape index (κ2) is 6.48. The van der Waals surface area contributed by atoms with E-state index >= 15 is 0 Å². The summed E-state index contributed by atoms with van der Waals surface area (Å²) in [6.45, 7) is 2.61. The average molecular weight is 331 g/mol. The lowest BCUT2D eigenvalue weighted by atomic mass is 9.70. The second-order valence-corrected chi connectivity index (χ2v) is 6.47. The van der Waals surface area contributed by atoms with Crippen LogP contribution in [-0.4, -0.2) is 39.7 Å². The standard InChI is InChI=1S/C19H25NO4/c1-5-14(21)16(23-3)10-19-9-13(20-11-19)8-12-6-7-15(22-2)18(24-4)17(12)19/h6-7,10,13,20H,5,8-9,11H2,1-4H3/b16-10+. The summed E-state index contributed by atoms with van der Waals surface area (Å²) >= 11 is 0. The van der Waals surface area contributed by atoms with Crippen LogP contribution < -0.4 is 14.8 Å². The minimum Gasteiger partial charge on any atom is -0.493 e. The van der Waals surface area contributed by atoms with Gasteiger partial charge in [0.25, 0.3) is 0 Å². The van der Waals surface area contributed by atoms with E-state index in [-0.39, 0.29) is 11.2 Å². The normalized spacial score (nSPS) is 25.2. The van der Waals surface area contributed by atoms with Gasteiger partial charge in [-0.3, -0.25) is 4.79 Å². The average Bonchev–Trinajstić information content (AvgIpc) is 2.95. The topological polar surface area (TPSA) is 56.8 Å². The maximum atomic E-state index is 12.2. The van der Waals surface area contributed by atoms with E-state index in [0.29, 0.717) is 18.2 Å². The molecule has 24 heavy (non-hydrogen) atoms. The van der Waals surface area contributed by atoms with Gasteiger partial charge in [-0.05, 0) is 30.5 Å². The number of benzene rings is 1. The number of Topliss-reactive ketones (excluding diaryl/α,β-unsaturated/α-hetero) is 1. The van der Waals surface area contributed by atoms with Gasteiger partial charge < -0.3 is 19.5 Å². The molecule has 0 amide bonds. The fourth-order valence-electron chi connectivity index (χ4n) is 4.05. The van der Waals surface area contributed by atoms with Crippen LogP contribution in [0.3, 0.4) is 0 Å². The van der Waals surface area contributed by atoms with E-state index in [2.05, 4.69) is 11.4 Å². The van der Waals surface area contributed by atoms with Gasteiger partial charge in [-0.15, -0.1) is 0 Å². The number of ketones is 1. The minimum atomic E-state index is -0.311. The second-order valence-electron chi connectivity index (χ2n) is 6.47. The highest BCUT2D eigenvalue weighted by atomic mass is 16.5. The van der Waals surface area contributed by atoms with Gasteiger partial charge in [0.15, 0.2) is 23.0 Å². The predicted molar refractivity (Wildman–Crippen MR) is 91.7 cm³/mol. The van der Waals surface area contributed by atoms with Crippen molar-refractivity contribution < 1.29 is 19.0 Å². The number of rotatable bonds is 6. The van der Waals surface area contributed by atoms with E-state index in [1.807, 2.05) is 19.1 Å². The fraction of sp³-hybridized carbons (Fsp3) is 0.526. The van der Waals surface area contributed by atoms with Gasteiger partial charge >= 0.3 is 0 Å². The summed E-state index contributed by atoms with van der Waals surface area (Å²) in [7, 11) is 4.87. The first kappa shape index (κ1) is 16.8. The van der Waals surface area contributed by atoms with E-state index in [9.17, 15) is 4.79 Å². The van der Waals surface area contributed by atoms with Gasteiger partial charge in [0.05, 0.1) is 21.3 Å². The smallest absolute Gasteiger partial charge is 0.196 e. The van der Waals surface area contributed by atoms with E-state index in [4.69, 9.17) is 14.2 Å². The van der Waals surface area contributed by atoms with Crippen molar-refractivity contribution in [2.24, 2.45) is 0 Å². The molecule has 1 aliphatic carbocycles. The summed E-state index contributed by atoms with van der Waals surface area (Å²) in [4.78, 5) is 12.2. The molecule has 1 aromatic rings. The van der Waals surface area contributed by atoms with Crippen LogP contribution in [0.1, 0.15) is 30.9 Å². The van der Waals surface area contributed by atoms with E-state index in [1.54, 1.807) is 21.3 Å². The molecule has 1 heterocycles. The Hall–Kier alpha value is -2.01. The number of hydrogen-bond donors (Lipinski definition) is 1. The SMILES string of the molecule is CCC(=O)/C(=C\C12CNC(Cc3ccc(OC)c(OC)c31)C2)OC. The van der Waals surface area contributed by atoms with Gasteiger partial charge in [0, 0.05) is 30.0 Å². The number of ether oxygens (including phenoxy) is 3. The lowest BCUT2D eigenvalue weighted by molar-refractivity contribution is -0.118. The molecule has 0 saturated carbocycles. The lowest BCUT2D eigenvalue weighted by Gasteiger charge is -2.34. The van der Waals surface area contributed by atoms with Crippen LogP contribution in [-0.2, 0) is 21.4 Å². The van der Waals surface area contributed by atoms with Crippen LogP contribution in [0.2, 0.25) is 0 Å². The van der Waals surface area contributed by atoms with Crippen molar-refractivity contribution in [2.75, 3.05) is 27.9 Å². The minimum absolute atomic E-state index is 0.0179. The highest BCUT2D eigenvalue weighted by molar-refractivity contribution is 5.93. The number of allylic oxidation sites excluding steroid dienone is 1. The quantitative estimate of drug-likeness (QED) is 0.641. The summed E-state index contributed by atoms with van der Waals surface area (Å²) in [6.07, 6.45) is 4.29. The summed E-state index contributed by atoms with van der Waals surface area (Å²) < 4.78 is 16.6. The molecule has 5 nitrogen and oxygen atoms in total. The number of carbonyl (C=O) groups is 1.